The van der Waals surface area contributed by atoms with E-state index in [0.29, 0.717) is 59.2 Å². The number of nitrogens with one attached hydrogen (secondary N) is 1. The second kappa shape index (κ2) is 17.2. The van der Waals surface area contributed by atoms with E-state index >= 15 is 0 Å². The van der Waals surface area contributed by atoms with Crippen LogP contribution in [0.15, 0.2) is 72.8 Å². The number of nitro benzene ring substituents is 3. The van der Waals surface area contributed by atoms with E-state index in [1.54, 1.807) is 36.4 Å². The minimum atomic E-state index is -0.466. The van der Waals surface area contributed by atoms with Crippen molar-refractivity contribution in [3.63, 3.8) is 0 Å². The molecule has 14 nitrogen and oxygen atoms in total. The van der Waals surface area contributed by atoms with Crippen LogP contribution in [-0.4, -0.2) is 67.5 Å². The topological polar surface area (TPSA) is 172 Å². The van der Waals surface area contributed by atoms with E-state index in [1.165, 1.54) is 36.4 Å². The van der Waals surface area contributed by atoms with Crippen molar-refractivity contribution >= 4 is 34.1 Å². The Labute approximate surface area is 242 Å². The Kier molecular flexibility index (Phi) is 13.1. The van der Waals surface area contributed by atoms with Gasteiger partial charge in [0, 0.05) is 79.8 Å². The third-order valence-corrected chi connectivity index (χ3v) is 6.03. The summed E-state index contributed by atoms with van der Waals surface area (Å²) in [5.41, 5.74) is 2.27. The summed E-state index contributed by atoms with van der Waals surface area (Å²) in [6.45, 7) is 3.94. The average Bonchev–Trinajstić information content (AvgIpc) is 2.99. The molecule has 3 aromatic rings. The number of anilines is 3. The molecule has 0 heterocycles. The van der Waals surface area contributed by atoms with E-state index in [0.717, 1.165) is 23.5 Å². The fourth-order valence-corrected chi connectivity index (χ4v) is 3.89. The molecular weight excluding hydrogens is 550 g/mol. The molecule has 224 valence electrons. The van der Waals surface area contributed by atoms with Crippen molar-refractivity contribution in [2.45, 2.75) is 12.8 Å². The number of nitro groups is 3. The van der Waals surface area contributed by atoms with Crippen molar-refractivity contribution in [3.8, 4) is 0 Å². The van der Waals surface area contributed by atoms with Crippen LogP contribution in [-0.2, 0) is 14.2 Å². The molecule has 42 heavy (non-hydrogen) atoms. The van der Waals surface area contributed by atoms with Crippen molar-refractivity contribution in [2.75, 3.05) is 62.9 Å². The molecule has 0 aromatic heterocycles. The van der Waals surface area contributed by atoms with Crippen LogP contribution in [0.4, 0.5) is 34.1 Å². The molecule has 0 atom stereocenters. The van der Waals surface area contributed by atoms with Crippen LogP contribution in [0.25, 0.3) is 0 Å². The van der Waals surface area contributed by atoms with E-state index in [1.807, 2.05) is 4.90 Å². The lowest BCUT2D eigenvalue weighted by Crippen LogP contribution is -2.20. The summed E-state index contributed by atoms with van der Waals surface area (Å²) in [5.74, 6) is 0. The molecule has 0 unspecified atom stereocenters. The first-order chi connectivity index (χ1) is 20.3. The van der Waals surface area contributed by atoms with Gasteiger partial charge in [-0.2, -0.15) is 0 Å². The van der Waals surface area contributed by atoms with Crippen molar-refractivity contribution in [2.24, 2.45) is 0 Å². The Morgan fingerprint density at radius 3 is 1.36 bits per heavy atom. The summed E-state index contributed by atoms with van der Waals surface area (Å²) >= 11 is 0. The van der Waals surface area contributed by atoms with E-state index in [-0.39, 0.29) is 17.1 Å². The SMILES string of the molecule is O=[N+]([O-])c1ccc(NCCCOCCOCCOCCCN(c2ccc([N+](=O)[O-])cc2)c2ccc([N+](=O)[O-])cc2)cc1. The standard InChI is InChI=1S/C28H33N5O9/c34-31(35)26-5-3-23(4-6-26)29-15-1-17-40-19-21-42-22-20-41-18-2-16-30(24-7-11-27(12-8-24)32(36)37)25-9-13-28(14-10-25)33(38)39/h3-14,29H,1-2,15-22H2. The van der Waals surface area contributed by atoms with Gasteiger partial charge in [-0.1, -0.05) is 0 Å². The number of non-ortho nitro benzene ring substituents is 3. The van der Waals surface area contributed by atoms with Crippen LogP contribution < -0.4 is 10.2 Å². The molecule has 0 aliphatic heterocycles. The molecule has 0 spiro atoms. The maximum atomic E-state index is 11.0. The summed E-state index contributed by atoms with van der Waals surface area (Å²) in [6, 6.07) is 18.5. The number of hydrogen-bond acceptors (Lipinski definition) is 11. The van der Waals surface area contributed by atoms with E-state index in [2.05, 4.69) is 5.32 Å². The van der Waals surface area contributed by atoms with Gasteiger partial charge >= 0.3 is 0 Å². The Morgan fingerprint density at radius 1 is 0.548 bits per heavy atom. The number of benzene rings is 3. The molecule has 0 radical (unpaired) electrons. The number of nitrogens with zero attached hydrogens (tertiary/aromatic N) is 4. The highest BCUT2D eigenvalue weighted by atomic mass is 16.6. The maximum Gasteiger partial charge on any atom is 0.269 e. The van der Waals surface area contributed by atoms with Crippen LogP contribution in [0.1, 0.15) is 12.8 Å². The highest BCUT2D eigenvalue weighted by Gasteiger charge is 2.14. The maximum absolute atomic E-state index is 11.0. The molecule has 0 aliphatic rings. The predicted octanol–water partition coefficient (Wildman–Crippen LogP) is 5.49. The fourth-order valence-electron chi connectivity index (χ4n) is 3.89. The second-order valence-electron chi connectivity index (χ2n) is 8.97. The van der Waals surface area contributed by atoms with Crippen molar-refractivity contribution in [3.05, 3.63) is 103 Å². The Morgan fingerprint density at radius 2 is 0.929 bits per heavy atom. The first kappa shape index (κ1) is 31.9. The van der Waals surface area contributed by atoms with Gasteiger partial charge in [-0.05, 0) is 49.2 Å². The zero-order chi connectivity index (χ0) is 30.2. The van der Waals surface area contributed by atoms with Crippen molar-refractivity contribution in [1.82, 2.24) is 0 Å². The Balaban J connectivity index is 1.27. The Hall–Kier alpha value is -4.66. The van der Waals surface area contributed by atoms with Crippen LogP contribution in [0, 0.1) is 30.3 Å². The first-order valence-corrected chi connectivity index (χ1v) is 13.3. The van der Waals surface area contributed by atoms with Gasteiger partial charge in [-0.25, -0.2) is 0 Å². The monoisotopic (exact) mass is 583 g/mol. The highest BCUT2D eigenvalue weighted by molar-refractivity contribution is 5.65. The summed E-state index contributed by atoms with van der Waals surface area (Å²) in [6.07, 6.45) is 1.42. The molecule has 3 aromatic carbocycles. The van der Waals surface area contributed by atoms with Crippen LogP contribution in [0.2, 0.25) is 0 Å². The molecule has 0 fully saturated rings. The van der Waals surface area contributed by atoms with Gasteiger partial charge in [0.1, 0.15) is 0 Å². The van der Waals surface area contributed by atoms with Crippen LogP contribution in [0.5, 0.6) is 0 Å². The van der Waals surface area contributed by atoms with Gasteiger partial charge in [0.15, 0.2) is 0 Å². The minimum absolute atomic E-state index is 0.0205. The lowest BCUT2D eigenvalue weighted by atomic mass is 10.2. The van der Waals surface area contributed by atoms with Crippen LogP contribution >= 0.6 is 0 Å². The molecule has 0 saturated heterocycles. The number of hydrogen-bond donors (Lipinski definition) is 1. The smallest absolute Gasteiger partial charge is 0.269 e. The molecule has 0 bridgehead atoms. The zero-order valence-corrected chi connectivity index (χ0v) is 23.0. The van der Waals surface area contributed by atoms with E-state index < -0.39 is 14.8 Å². The van der Waals surface area contributed by atoms with E-state index in [4.69, 9.17) is 14.2 Å². The number of rotatable bonds is 20. The van der Waals surface area contributed by atoms with E-state index in [9.17, 15) is 30.3 Å². The lowest BCUT2D eigenvalue weighted by Gasteiger charge is -2.25. The molecular formula is C28H33N5O9. The van der Waals surface area contributed by atoms with Gasteiger partial charge in [-0.3, -0.25) is 30.3 Å². The number of ether oxygens (including phenoxy) is 3. The first-order valence-electron chi connectivity index (χ1n) is 13.3. The van der Waals surface area contributed by atoms with Gasteiger partial charge in [-0.15, -0.1) is 0 Å². The molecule has 3 rings (SSSR count). The summed E-state index contributed by atoms with van der Waals surface area (Å²) in [5, 5.41) is 35.9. The molecule has 14 heteroatoms. The Bertz CT molecular complexity index is 1210. The lowest BCUT2D eigenvalue weighted by molar-refractivity contribution is -0.385. The summed E-state index contributed by atoms with van der Waals surface area (Å²) in [4.78, 5) is 33.2. The quantitative estimate of drug-likeness (QED) is 0.101. The van der Waals surface area contributed by atoms with Gasteiger partial charge < -0.3 is 24.4 Å². The normalized spacial score (nSPS) is 10.8. The van der Waals surface area contributed by atoms with Crippen LogP contribution in [0.3, 0.4) is 0 Å². The second-order valence-corrected chi connectivity index (χ2v) is 8.97. The van der Waals surface area contributed by atoms with Gasteiger partial charge in [0.25, 0.3) is 17.1 Å². The fraction of sp³-hybridized carbons (Fsp3) is 0.357. The largest absolute Gasteiger partial charge is 0.385 e. The minimum Gasteiger partial charge on any atom is -0.385 e. The van der Waals surface area contributed by atoms with Gasteiger partial charge in [0.05, 0.1) is 41.2 Å². The van der Waals surface area contributed by atoms with Crippen molar-refractivity contribution < 1.29 is 29.0 Å². The summed E-state index contributed by atoms with van der Waals surface area (Å²) in [7, 11) is 0. The van der Waals surface area contributed by atoms with Crippen molar-refractivity contribution in [1.29, 1.82) is 0 Å². The highest BCUT2D eigenvalue weighted by Crippen LogP contribution is 2.29. The zero-order valence-electron chi connectivity index (χ0n) is 23.0. The average molecular weight is 584 g/mol. The molecule has 0 saturated carbocycles. The third kappa shape index (κ3) is 10.7. The molecule has 0 amide bonds. The predicted molar refractivity (Wildman–Crippen MR) is 156 cm³/mol. The van der Waals surface area contributed by atoms with Gasteiger partial charge in [0.2, 0.25) is 0 Å². The molecule has 0 aliphatic carbocycles. The third-order valence-electron chi connectivity index (χ3n) is 6.03. The molecule has 1 N–H and O–H groups in total. The summed E-state index contributed by atoms with van der Waals surface area (Å²) < 4.78 is 16.7.